The monoisotopic (exact) mass is 409 g/mol. The van der Waals surface area contributed by atoms with Crippen molar-refractivity contribution in [2.24, 2.45) is 5.41 Å². The van der Waals surface area contributed by atoms with Gasteiger partial charge in [-0.15, -0.1) is 5.10 Å². The van der Waals surface area contributed by atoms with Crippen molar-refractivity contribution in [1.29, 1.82) is 0 Å². The van der Waals surface area contributed by atoms with Crippen molar-refractivity contribution in [2.75, 3.05) is 26.3 Å². The van der Waals surface area contributed by atoms with E-state index >= 15 is 0 Å². The zero-order chi connectivity index (χ0) is 19.4. The zero-order valence-electron chi connectivity index (χ0n) is 15.9. The second-order valence-electron chi connectivity index (χ2n) is 7.76. The first-order valence-corrected chi connectivity index (χ1v) is 9.80. The summed E-state index contributed by atoms with van der Waals surface area (Å²) < 4.78 is 7.34. The van der Waals surface area contributed by atoms with Gasteiger partial charge in [0, 0.05) is 23.1 Å². The van der Waals surface area contributed by atoms with Crippen LogP contribution in [0.5, 0.6) is 0 Å². The lowest BCUT2D eigenvalue weighted by atomic mass is 9.86. The Kier molecular flexibility index (Phi) is 6.52. The number of allylic oxidation sites excluding steroid dienone is 1. The van der Waals surface area contributed by atoms with E-state index < -0.39 is 0 Å². The van der Waals surface area contributed by atoms with Crippen LogP contribution in [-0.4, -0.2) is 51.4 Å². The first-order valence-electron chi connectivity index (χ1n) is 9.05. The minimum atomic E-state index is -0.0788. The van der Waals surface area contributed by atoms with Gasteiger partial charge in [0.25, 0.3) is 0 Å². The third kappa shape index (κ3) is 5.29. The fourth-order valence-electron chi connectivity index (χ4n) is 3.06. The lowest BCUT2D eigenvalue weighted by molar-refractivity contribution is 0.0319. The Labute approximate surface area is 170 Å². The molecule has 1 fully saturated rings. The Balaban J connectivity index is 1.85. The van der Waals surface area contributed by atoms with E-state index in [0.717, 1.165) is 37.7 Å². The smallest absolute Gasteiger partial charge is 0.165 e. The molecule has 2 aromatic rings. The van der Waals surface area contributed by atoms with Gasteiger partial charge in [-0.1, -0.05) is 62.2 Å². The molecule has 0 bridgehead atoms. The highest BCUT2D eigenvalue weighted by Crippen LogP contribution is 2.33. The predicted octanol–water partition coefficient (Wildman–Crippen LogP) is 4.11. The van der Waals surface area contributed by atoms with Gasteiger partial charge < -0.3 is 4.74 Å². The summed E-state index contributed by atoms with van der Waals surface area (Å²) in [5.74, 6) is 0.851. The first kappa shape index (κ1) is 20.3. The van der Waals surface area contributed by atoms with Crippen LogP contribution < -0.4 is 0 Å². The van der Waals surface area contributed by atoms with E-state index in [4.69, 9.17) is 27.9 Å². The van der Waals surface area contributed by atoms with Crippen LogP contribution in [-0.2, 0) is 11.3 Å². The third-order valence-corrected chi connectivity index (χ3v) is 5.16. The van der Waals surface area contributed by atoms with Crippen LogP contribution in [0.25, 0.3) is 6.08 Å². The van der Waals surface area contributed by atoms with Crippen LogP contribution >= 0.6 is 23.2 Å². The Hall–Kier alpha value is -1.47. The third-order valence-electron chi connectivity index (χ3n) is 4.60. The van der Waals surface area contributed by atoms with Crippen LogP contribution in [0, 0.1) is 5.41 Å². The quantitative estimate of drug-likeness (QED) is 0.743. The highest BCUT2D eigenvalue weighted by molar-refractivity contribution is 6.35. The summed E-state index contributed by atoms with van der Waals surface area (Å²) in [6.07, 6.45) is 4.11. The standard InChI is InChI=1S/C19H25Cl2N5O/c1-19(2,3)17(7-5-14-4-6-15(20)12-16(14)21)26-18(22-23-24-26)13-25-8-10-27-11-9-25/h4-7,12,17H,8-11,13H2,1-3H3. The van der Waals surface area contributed by atoms with Crippen LogP contribution in [0.4, 0.5) is 0 Å². The molecule has 0 aliphatic carbocycles. The number of tetrazole rings is 1. The number of hydrogen-bond donors (Lipinski definition) is 0. The topological polar surface area (TPSA) is 56.1 Å². The summed E-state index contributed by atoms with van der Waals surface area (Å²) in [5.41, 5.74) is 0.836. The maximum Gasteiger partial charge on any atom is 0.165 e. The van der Waals surface area contributed by atoms with E-state index in [-0.39, 0.29) is 11.5 Å². The lowest BCUT2D eigenvalue weighted by Crippen LogP contribution is -2.37. The molecule has 1 aliphatic heterocycles. The maximum absolute atomic E-state index is 6.31. The second kappa shape index (κ2) is 8.69. The van der Waals surface area contributed by atoms with Crippen molar-refractivity contribution in [3.05, 3.63) is 45.7 Å². The van der Waals surface area contributed by atoms with E-state index in [1.165, 1.54) is 0 Å². The second-order valence-corrected chi connectivity index (χ2v) is 8.61. The average Bonchev–Trinajstić information content (AvgIpc) is 3.04. The number of hydrogen-bond acceptors (Lipinski definition) is 5. The van der Waals surface area contributed by atoms with Gasteiger partial charge in [0.05, 0.1) is 25.8 Å². The molecule has 6 nitrogen and oxygen atoms in total. The summed E-state index contributed by atoms with van der Waals surface area (Å²) in [6.45, 7) is 10.5. The number of aromatic nitrogens is 4. The van der Waals surface area contributed by atoms with Gasteiger partial charge >= 0.3 is 0 Å². The Bertz CT molecular complexity index is 794. The molecule has 1 aromatic heterocycles. The number of morpholine rings is 1. The van der Waals surface area contributed by atoms with Gasteiger partial charge in [0.2, 0.25) is 0 Å². The summed E-state index contributed by atoms with van der Waals surface area (Å²) in [5, 5.41) is 13.7. The normalized spacial score (nSPS) is 17.5. The van der Waals surface area contributed by atoms with E-state index in [1.807, 2.05) is 22.9 Å². The molecule has 1 aliphatic rings. The fourth-order valence-corrected chi connectivity index (χ4v) is 3.53. The van der Waals surface area contributed by atoms with Crippen LogP contribution in [0.3, 0.4) is 0 Å². The van der Waals surface area contributed by atoms with Crippen molar-refractivity contribution >= 4 is 29.3 Å². The molecule has 0 amide bonds. The van der Waals surface area contributed by atoms with Crippen molar-refractivity contribution < 1.29 is 4.74 Å². The Morgan fingerprint density at radius 1 is 1.22 bits per heavy atom. The molecule has 2 heterocycles. The molecule has 146 valence electrons. The molecule has 1 unspecified atom stereocenters. The molecule has 0 radical (unpaired) electrons. The number of ether oxygens (including phenoxy) is 1. The number of rotatable bonds is 5. The summed E-state index contributed by atoms with van der Waals surface area (Å²) in [6, 6.07) is 5.47. The minimum absolute atomic E-state index is 0.0183. The summed E-state index contributed by atoms with van der Waals surface area (Å²) >= 11 is 12.3. The zero-order valence-corrected chi connectivity index (χ0v) is 17.4. The van der Waals surface area contributed by atoms with Crippen LogP contribution in [0.15, 0.2) is 24.3 Å². The van der Waals surface area contributed by atoms with Crippen molar-refractivity contribution in [3.63, 3.8) is 0 Å². The van der Waals surface area contributed by atoms with Crippen molar-refractivity contribution in [2.45, 2.75) is 33.4 Å². The van der Waals surface area contributed by atoms with Crippen LogP contribution in [0.1, 0.15) is 38.2 Å². The predicted molar refractivity (Wildman–Crippen MR) is 108 cm³/mol. The first-order chi connectivity index (χ1) is 12.8. The maximum atomic E-state index is 6.31. The average molecular weight is 410 g/mol. The van der Waals surface area contributed by atoms with Gasteiger partial charge in [-0.25, -0.2) is 4.68 Å². The highest BCUT2D eigenvalue weighted by Gasteiger charge is 2.28. The number of nitrogens with zero attached hydrogens (tertiary/aromatic N) is 5. The van der Waals surface area contributed by atoms with Crippen molar-refractivity contribution in [1.82, 2.24) is 25.1 Å². The molecule has 1 saturated heterocycles. The number of halogens is 2. The molecule has 0 saturated carbocycles. The molecule has 8 heteroatoms. The van der Waals surface area contributed by atoms with Gasteiger partial charge in [0.1, 0.15) is 0 Å². The van der Waals surface area contributed by atoms with E-state index in [2.05, 4.69) is 47.3 Å². The lowest BCUT2D eigenvalue weighted by Gasteiger charge is -2.30. The molecule has 3 rings (SSSR count). The fraction of sp³-hybridized carbons (Fsp3) is 0.526. The minimum Gasteiger partial charge on any atom is -0.379 e. The number of benzene rings is 1. The SMILES string of the molecule is CC(C)(C)C(C=Cc1ccc(Cl)cc1Cl)n1nnnc1CN1CCOCC1. The summed E-state index contributed by atoms with van der Waals surface area (Å²) in [4.78, 5) is 2.31. The highest BCUT2D eigenvalue weighted by atomic mass is 35.5. The van der Waals surface area contributed by atoms with E-state index in [0.29, 0.717) is 16.6 Å². The molecule has 0 N–H and O–H groups in total. The molecular weight excluding hydrogens is 385 g/mol. The molecule has 1 aromatic carbocycles. The largest absolute Gasteiger partial charge is 0.379 e. The Morgan fingerprint density at radius 2 is 1.96 bits per heavy atom. The Morgan fingerprint density at radius 3 is 2.63 bits per heavy atom. The van der Waals surface area contributed by atoms with Crippen molar-refractivity contribution in [3.8, 4) is 0 Å². The van der Waals surface area contributed by atoms with Gasteiger partial charge in [0.15, 0.2) is 5.82 Å². The van der Waals surface area contributed by atoms with Gasteiger partial charge in [-0.3, -0.25) is 4.90 Å². The van der Waals surface area contributed by atoms with Gasteiger partial charge in [-0.05, 0) is 33.5 Å². The van der Waals surface area contributed by atoms with E-state index in [1.54, 1.807) is 6.07 Å². The van der Waals surface area contributed by atoms with E-state index in [9.17, 15) is 0 Å². The molecular formula is C19H25Cl2N5O. The van der Waals surface area contributed by atoms with Crippen LogP contribution in [0.2, 0.25) is 10.0 Å². The molecule has 0 spiro atoms. The molecule has 1 atom stereocenters. The molecule has 27 heavy (non-hydrogen) atoms. The summed E-state index contributed by atoms with van der Waals surface area (Å²) in [7, 11) is 0. The van der Waals surface area contributed by atoms with Gasteiger partial charge in [-0.2, -0.15) is 0 Å².